The molecule has 4 rings (SSSR count). The van der Waals surface area contributed by atoms with Crippen LogP contribution in [0.4, 0.5) is 10.5 Å². The van der Waals surface area contributed by atoms with Gasteiger partial charge in [-0.1, -0.05) is 54.1 Å². The van der Waals surface area contributed by atoms with Gasteiger partial charge in [0.1, 0.15) is 5.82 Å². The van der Waals surface area contributed by atoms with Crippen LogP contribution in [-0.4, -0.2) is 20.9 Å². The summed E-state index contributed by atoms with van der Waals surface area (Å²) in [5.74, 6) is 0.417. The maximum Gasteiger partial charge on any atom is 0.322 e. The smallest absolute Gasteiger partial charge is 0.313 e. The van der Waals surface area contributed by atoms with Crippen LogP contribution in [0.2, 0.25) is 5.02 Å². The molecule has 1 aromatic heterocycles. The Morgan fingerprint density at radius 2 is 1.63 bits per heavy atom. The van der Waals surface area contributed by atoms with Gasteiger partial charge in [0, 0.05) is 17.3 Å². The summed E-state index contributed by atoms with van der Waals surface area (Å²) in [6.45, 7) is 0.505. The van der Waals surface area contributed by atoms with Gasteiger partial charge in [-0.2, -0.15) is 0 Å². The van der Waals surface area contributed by atoms with Gasteiger partial charge in [-0.25, -0.2) is 9.78 Å². The first kappa shape index (κ1) is 19.7. The zero-order valence-electron chi connectivity index (χ0n) is 16.0. The number of halogens is 1. The highest BCUT2D eigenvalue weighted by atomic mass is 35.5. The number of H-pyrrole nitrogens is 1. The first-order chi connectivity index (χ1) is 14.6. The number of urea groups is 1. The summed E-state index contributed by atoms with van der Waals surface area (Å²) in [7, 11) is 0. The zero-order valence-corrected chi connectivity index (χ0v) is 16.8. The number of para-hydroxylation sites is 1. The number of amides is 2. The van der Waals surface area contributed by atoms with Crippen molar-refractivity contribution >= 4 is 34.2 Å². The highest BCUT2D eigenvalue weighted by molar-refractivity contribution is 6.30. The van der Waals surface area contributed by atoms with Gasteiger partial charge in [-0.05, 0) is 42.0 Å². The first-order valence-corrected chi connectivity index (χ1v) is 9.79. The number of benzene rings is 3. The van der Waals surface area contributed by atoms with Crippen LogP contribution in [-0.2, 0) is 13.1 Å². The highest BCUT2D eigenvalue weighted by Crippen LogP contribution is 2.16. The Labute approximate surface area is 178 Å². The fourth-order valence-electron chi connectivity index (χ4n) is 3.13. The van der Waals surface area contributed by atoms with Gasteiger partial charge in [0.25, 0.3) is 5.56 Å². The van der Waals surface area contributed by atoms with E-state index in [1.807, 2.05) is 36.4 Å². The number of rotatable bonds is 5. The van der Waals surface area contributed by atoms with E-state index in [9.17, 15) is 9.59 Å². The van der Waals surface area contributed by atoms with Crippen LogP contribution < -0.4 is 10.9 Å². The Morgan fingerprint density at radius 1 is 0.933 bits per heavy atom. The summed E-state index contributed by atoms with van der Waals surface area (Å²) in [4.78, 5) is 34.3. The van der Waals surface area contributed by atoms with Crippen LogP contribution >= 0.6 is 11.6 Å². The molecule has 0 aliphatic heterocycles. The van der Waals surface area contributed by atoms with Gasteiger partial charge >= 0.3 is 6.03 Å². The van der Waals surface area contributed by atoms with E-state index in [2.05, 4.69) is 15.3 Å². The molecule has 0 saturated heterocycles. The molecular formula is C23H19ClN4O2. The van der Waals surface area contributed by atoms with Crippen molar-refractivity contribution < 1.29 is 4.79 Å². The van der Waals surface area contributed by atoms with Gasteiger partial charge in [-0.15, -0.1) is 0 Å². The molecule has 30 heavy (non-hydrogen) atoms. The normalized spacial score (nSPS) is 10.7. The lowest BCUT2D eigenvalue weighted by Gasteiger charge is -2.23. The van der Waals surface area contributed by atoms with Crippen molar-refractivity contribution in [1.82, 2.24) is 14.9 Å². The standard InChI is InChI=1S/C23H19ClN4O2/c24-17-10-12-18(13-11-17)25-23(30)28(14-16-6-2-1-3-7-16)15-21-26-20-9-5-4-8-19(20)22(29)27-21/h1-13H,14-15H2,(H,25,30)(H,26,27,29). The van der Waals surface area contributed by atoms with Gasteiger partial charge in [-0.3, -0.25) is 4.79 Å². The van der Waals surface area contributed by atoms with Crippen molar-refractivity contribution in [3.8, 4) is 0 Å². The second-order valence-electron chi connectivity index (χ2n) is 6.81. The molecule has 0 spiro atoms. The third kappa shape index (κ3) is 4.67. The summed E-state index contributed by atoms with van der Waals surface area (Å²) in [5.41, 5.74) is 1.96. The SMILES string of the molecule is O=C(Nc1ccc(Cl)cc1)N(Cc1ccccc1)Cc1nc2ccccc2c(=O)[nH]1. The zero-order chi connectivity index (χ0) is 20.9. The molecule has 0 atom stereocenters. The molecule has 0 radical (unpaired) electrons. The lowest BCUT2D eigenvalue weighted by Crippen LogP contribution is -2.35. The number of carbonyl (C=O) groups excluding carboxylic acids is 1. The van der Waals surface area contributed by atoms with Crippen LogP contribution in [0.25, 0.3) is 10.9 Å². The van der Waals surface area contributed by atoms with Crippen molar-refractivity contribution in [2.24, 2.45) is 0 Å². The minimum absolute atomic E-state index is 0.147. The number of nitrogens with zero attached hydrogens (tertiary/aromatic N) is 2. The monoisotopic (exact) mass is 418 g/mol. The number of aromatic amines is 1. The topological polar surface area (TPSA) is 78.1 Å². The number of hydrogen-bond acceptors (Lipinski definition) is 3. The molecule has 2 amide bonds. The number of aromatic nitrogens is 2. The van der Waals surface area contributed by atoms with Crippen LogP contribution in [0.3, 0.4) is 0 Å². The van der Waals surface area contributed by atoms with E-state index in [0.29, 0.717) is 34.0 Å². The number of nitrogens with one attached hydrogen (secondary N) is 2. The molecule has 0 saturated carbocycles. The molecule has 0 aliphatic rings. The Bertz CT molecular complexity index is 1220. The van der Waals surface area contributed by atoms with E-state index in [-0.39, 0.29) is 18.1 Å². The molecule has 1 heterocycles. The predicted octanol–water partition coefficient (Wildman–Crippen LogP) is 4.81. The molecule has 6 nitrogen and oxygen atoms in total. The third-order valence-electron chi connectivity index (χ3n) is 4.60. The van der Waals surface area contributed by atoms with Crippen LogP contribution in [0.5, 0.6) is 0 Å². The average molecular weight is 419 g/mol. The van der Waals surface area contributed by atoms with E-state index in [4.69, 9.17) is 11.6 Å². The average Bonchev–Trinajstić information content (AvgIpc) is 2.76. The van der Waals surface area contributed by atoms with Crippen LogP contribution in [0.1, 0.15) is 11.4 Å². The maximum atomic E-state index is 13.0. The molecule has 0 aliphatic carbocycles. The maximum absolute atomic E-state index is 13.0. The molecule has 2 N–H and O–H groups in total. The van der Waals surface area contributed by atoms with Gasteiger partial charge in [0.2, 0.25) is 0 Å². The Kier molecular flexibility index (Phi) is 5.77. The lowest BCUT2D eigenvalue weighted by molar-refractivity contribution is 0.205. The van der Waals surface area contributed by atoms with E-state index < -0.39 is 0 Å². The molecular weight excluding hydrogens is 400 g/mol. The third-order valence-corrected chi connectivity index (χ3v) is 4.85. The van der Waals surface area contributed by atoms with Crippen molar-refractivity contribution in [3.63, 3.8) is 0 Å². The quantitative estimate of drug-likeness (QED) is 0.488. The first-order valence-electron chi connectivity index (χ1n) is 9.42. The minimum Gasteiger partial charge on any atom is -0.313 e. The minimum atomic E-state index is -0.308. The fourth-order valence-corrected chi connectivity index (χ4v) is 3.26. The summed E-state index contributed by atoms with van der Waals surface area (Å²) in [6, 6.07) is 23.3. The molecule has 150 valence electrons. The molecule has 7 heteroatoms. The van der Waals surface area contributed by atoms with Crippen molar-refractivity contribution in [1.29, 1.82) is 0 Å². The summed E-state index contributed by atoms with van der Waals surface area (Å²) >= 11 is 5.92. The molecule has 4 aromatic rings. The van der Waals surface area contributed by atoms with Gasteiger partial charge < -0.3 is 15.2 Å². The van der Waals surface area contributed by atoms with E-state index >= 15 is 0 Å². The van der Waals surface area contributed by atoms with Crippen molar-refractivity contribution in [3.05, 3.63) is 106 Å². The second kappa shape index (κ2) is 8.80. The summed E-state index contributed by atoms with van der Waals surface area (Å²) in [5, 5.41) is 3.98. The Morgan fingerprint density at radius 3 is 2.40 bits per heavy atom. The molecule has 3 aromatic carbocycles. The molecule has 0 bridgehead atoms. The number of hydrogen-bond donors (Lipinski definition) is 2. The van der Waals surface area contributed by atoms with E-state index in [0.717, 1.165) is 5.56 Å². The van der Waals surface area contributed by atoms with E-state index in [1.54, 1.807) is 47.4 Å². The fraction of sp³-hybridized carbons (Fsp3) is 0.0870. The van der Waals surface area contributed by atoms with Crippen LogP contribution in [0, 0.1) is 0 Å². The largest absolute Gasteiger partial charge is 0.322 e. The highest BCUT2D eigenvalue weighted by Gasteiger charge is 2.17. The summed E-state index contributed by atoms with van der Waals surface area (Å²) in [6.07, 6.45) is 0. The molecule has 0 unspecified atom stereocenters. The van der Waals surface area contributed by atoms with Crippen molar-refractivity contribution in [2.75, 3.05) is 5.32 Å². The van der Waals surface area contributed by atoms with Gasteiger partial charge in [0.15, 0.2) is 0 Å². The van der Waals surface area contributed by atoms with Gasteiger partial charge in [0.05, 0.1) is 17.4 Å². The number of carbonyl (C=O) groups is 1. The van der Waals surface area contributed by atoms with Crippen molar-refractivity contribution in [2.45, 2.75) is 13.1 Å². The van der Waals surface area contributed by atoms with E-state index in [1.165, 1.54) is 0 Å². The molecule has 0 fully saturated rings. The Hall–Kier alpha value is -3.64. The predicted molar refractivity (Wildman–Crippen MR) is 119 cm³/mol. The van der Waals surface area contributed by atoms with Crippen LogP contribution in [0.15, 0.2) is 83.7 Å². The lowest BCUT2D eigenvalue weighted by atomic mass is 10.2. The number of fused-ring (bicyclic) bond motifs is 1. The Balaban J connectivity index is 1.62. The number of anilines is 1. The summed E-state index contributed by atoms with van der Waals surface area (Å²) < 4.78 is 0. The second-order valence-corrected chi connectivity index (χ2v) is 7.24.